The Bertz CT molecular complexity index is 791. The van der Waals surface area contributed by atoms with Crippen molar-refractivity contribution >= 4 is 23.1 Å². The smallest absolute Gasteiger partial charge is 0.210 e. The van der Waals surface area contributed by atoms with E-state index in [9.17, 15) is 4.79 Å². The van der Waals surface area contributed by atoms with Gasteiger partial charge < -0.3 is 9.80 Å². The molecule has 2 fully saturated rings. The lowest BCUT2D eigenvalue weighted by molar-refractivity contribution is -0.117. The van der Waals surface area contributed by atoms with Crippen LogP contribution >= 0.6 is 0 Å². The highest BCUT2D eigenvalue weighted by molar-refractivity contribution is 5.84. The zero-order valence-corrected chi connectivity index (χ0v) is 15.1. The highest BCUT2D eigenvalue weighted by atomic mass is 16.1. The lowest BCUT2D eigenvalue weighted by atomic mass is 10.1. The van der Waals surface area contributed by atoms with Crippen LogP contribution in [-0.2, 0) is 11.2 Å². The third-order valence-electron chi connectivity index (χ3n) is 5.67. The van der Waals surface area contributed by atoms with Crippen LogP contribution in [0, 0.1) is 6.92 Å². The molecule has 2 aliphatic rings. The minimum atomic E-state index is 0.519. The number of nitrogens with zero attached hydrogens (tertiary/aromatic N) is 4. The summed E-state index contributed by atoms with van der Waals surface area (Å²) in [6, 6.07) is 9.35. The van der Waals surface area contributed by atoms with Crippen LogP contribution in [0.15, 0.2) is 24.3 Å². The zero-order chi connectivity index (χ0) is 17.4. The van der Waals surface area contributed by atoms with Crippen LogP contribution in [0.25, 0.3) is 10.9 Å². The van der Waals surface area contributed by atoms with Crippen LogP contribution in [0.2, 0.25) is 0 Å². The van der Waals surface area contributed by atoms with Crippen molar-refractivity contribution in [2.75, 3.05) is 37.7 Å². The molecule has 0 saturated carbocycles. The largest absolute Gasteiger partial charge is 0.355 e. The molecule has 5 heteroatoms. The number of amides is 1. The molecule has 4 rings (SSSR count). The Kier molecular flexibility index (Phi) is 4.34. The van der Waals surface area contributed by atoms with E-state index in [1.54, 1.807) is 0 Å². The van der Waals surface area contributed by atoms with Crippen molar-refractivity contribution in [3.8, 4) is 0 Å². The van der Waals surface area contributed by atoms with E-state index in [0.29, 0.717) is 6.04 Å². The minimum absolute atomic E-state index is 0.519. The van der Waals surface area contributed by atoms with Crippen molar-refractivity contribution < 1.29 is 4.79 Å². The molecule has 2 aliphatic heterocycles. The zero-order valence-electron chi connectivity index (χ0n) is 15.1. The molecule has 132 valence electrons. The van der Waals surface area contributed by atoms with E-state index in [4.69, 9.17) is 4.98 Å². The van der Waals surface area contributed by atoms with Gasteiger partial charge in [0.15, 0.2) is 0 Å². The monoisotopic (exact) mass is 338 g/mol. The summed E-state index contributed by atoms with van der Waals surface area (Å²) in [4.78, 5) is 22.5. The molecule has 0 aliphatic carbocycles. The van der Waals surface area contributed by atoms with Gasteiger partial charge in [0.25, 0.3) is 0 Å². The van der Waals surface area contributed by atoms with Gasteiger partial charge in [-0.3, -0.25) is 9.69 Å². The Labute approximate surface area is 149 Å². The molecule has 1 amide bonds. The number of rotatable bonds is 4. The maximum atomic E-state index is 10.9. The second-order valence-corrected chi connectivity index (χ2v) is 7.26. The van der Waals surface area contributed by atoms with Gasteiger partial charge in [-0.15, -0.1) is 0 Å². The molecule has 2 aromatic rings. The summed E-state index contributed by atoms with van der Waals surface area (Å²) in [7, 11) is 0. The third-order valence-corrected chi connectivity index (χ3v) is 5.67. The van der Waals surface area contributed by atoms with Crippen molar-refractivity contribution in [1.29, 1.82) is 0 Å². The van der Waals surface area contributed by atoms with Crippen LogP contribution in [0.5, 0.6) is 0 Å². The van der Waals surface area contributed by atoms with Crippen LogP contribution in [0.3, 0.4) is 0 Å². The molecular formula is C20H26N4O. The number of fused-ring (bicyclic) bond motifs is 1. The van der Waals surface area contributed by atoms with E-state index in [-0.39, 0.29) is 0 Å². The quantitative estimate of drug-likeness (QED) is 0.803. The summed E-state index contributed by atoms with van der Waals surface area (Å²) in [6.45, 7) is 9.01. The topological polar surface area (TPSA) is 39.7 Å². The Morgan fingerprint density at radius 3 is 2.88 bits per heavy atom. The summed E-state index contributed by atoms with van der Waals surface area (Å²) >= 11 is 0. The van der Waals surface area contributed by atoms with Crippen LogP contribution in [-0.4, -0.2) is 60.1 Å². The standard InChI is InChI=1S/C20H26N4O/c1-3-16-4-5-19-18(11-16)15(2)10-20(21-19)23-7-6-17(12-23)24-9-8-22(13-24)14-25/h4-5,10-11,14,17H,3,6-9,12-13H2,1-2H3. The first-order chi connectivity index (χ1) is 12.2. The molecule has 1 aromatic heterocycles. The van der Waals surface area contributed by atoms with Gasteiger partial charge in [0.05, 0.1) is 12.2 Å². The van der Waals surface area contributed by atoms with Gasteiger partial charge >= 0.3 is 0 Å². The first kappa shape index (κ1) is 16.3. The summed E-state index contributed by atoms with van der Waals surface area (Å²) in [5.41, 5.74) is 3.75. The molecule has 1 aromatic carbocycles. The predicted molar refractivity (Wildman–Crippen MR) is 101 cm³/mol. The van der Waals surface area contributed by atoms with Crippen molar-refractivity contribution in [2.24, 2.45) is 0 Å². The summed E-state index contributed by atoms with van der Waals surface area (Å²) < 4.78 is 0. The van der Waals surface area contributed by atoms with Crippen LogP contribution in [0.4, 0.5) is 5.82 Å². The Balaban J connectivity index is 1.53. The first-order valence-electron chi connectivity index (χ1n) is 9.26. The second kappa shape index (κ2) is 6.64. The van der Waals surface area contributed by atoms with E-state index in [2.05, 4.69) is 47.9 Å². The fourth-order valence-corrected chi connectivity index (χ4v) is 4.07. The third kappa shape index (κ3) is 3.09. The lowest BCUT2D eigenvalue weighted by Gasteiger charge is -2.24. The molecule has 1 atom stereocenters. The molecular weight excluding hydrogens is 312 g/mol. The van der Waals surface area contributed by atoms with Crippen LogP contribution < -0.4 is 4.90 Å². The van der Waals surface area contributed by atoms with Crippen molar-refractivity contribution in [2.45, 2.75) is 32.7 Å². The van der Waals surface area contributed by atoms with Crippen molar-refractivity contribution in [3.63, 3.8) is 0 Å². The maximum Gasteiger partial charge on any atom is 0.210 e. The second-order valence-electron chi connectivity index (χ2n) is 7.26. The number of pyridine rings is 1. The van der Waals surface area contributed by atoms with Gasteiger partial charge in [0.1, 0.15) is 5.82 Å². The van der Waals surface area contributed by atoms with Gasteiger partial charge in [0.2, 0.25) is 6.41 Å². The van der Waals surface area contributed by atoms with E-state index in [0.717, 1.165) is 63.4 Å². The lowest BCUT2D eigenvalue weighted by Crippen LogP contribution is -2.37. The summed E-state index contributed by atoms with van der Waals surface area (Å²) in [5, 5.41) is 1.26. The number of carbonyl (C=O) groups is 1. The fraction of sp³-hybridized carbons (Fsp3) is 0.500. The first-order valence-corrected chi connectivity index (χ1v) is 9.26. The molecule has 3 heterocycles. The molecule has 0 radical (unpaired) electrons. The SMILES string of the molecule is CCc1ccc2nc(N3CCC(N4CCN(C=O)C4)C3)cc(C)c2c1. The van der Waals surface area contributed by atoms with E-state index in [1.807, 2.05) is 4.90 Å². The van der Waals surface area contributed by atoms with Crippen molar-refractivity contribution in [3.05, 3.63) is 35.4 Å². The number of anilines is 1. The number of benzene rings is 1. The van der Waals surface area contributed by atoms with Gasteiger partial charge in [0, 0.05) is 37.6 Å². The minimum Gasteiger partial charge on any atom is -0.355 e. The highest BCUT2D eigenvalue weighted by Crippen LogP contribution is 2.27. The Morgan fingerprint density at radius 2 is 2.12 bits per heavy atom. The molecule has 0 spiro atoms. The number of carbonyl (C=O) groups excluding carboxylic acids is 1. The molecule has 0 bridgehead atoms. The fourth-order valence-electron chi connectivity index (χ4n) is 4.07. The number of aryl methyl sites for hydroxylation is 2. The van der Waals surface area contributed by atoms with E-state index in [1.165, 1.54) is 16.5 Å². The highest BCUT2D eigenvalue weighted by Gasteiger charge is 2.32. The van der Waals surface area contributed by atoms with Gasteiger partial charge in [-0.1, -0.05) is 13.0 Å². The van der Waals surface area contributed by atoms with Crippen LogP contribution in [0.1, 0.15) is 24.5 Å². The van der Waals surface area contributed by atoms with E-state index < -0.39 is 0 Å². The molecule has 5 nitrogen and oxygen atoms in total. The van der Waals surface area contributed by atoms with E-state index >= 15 is 0 Å². The van der Waals surface area contributed by atoms with Gasteiger partial charge in [-0.05, 0) is 49.1 Å². The Morgan fingerprint density at radius 1 is 1.24 bits per heavy atom. The number of hydrogen-bond donors (Lipinski definition) is 0. The number of hydrogen-bond acceptors (Lipinski definition) is 4. The molecule has 25 heavy (non-hydrogen) atoms. The normalized spacial score (nSPS) is 21.4. The van der Waals surface area contributed by atoms with Crippen molar-refractivity contribution in [1.82, 2.24) is 14.8 Å². The molecule has 2 saturated heterocycles. The van der Waals surface area contributed by atoms with Gasteiger partial charge in [-0.25, -0.2) is 4.98 Å². The molecule has 0 N–H and O–H groups in total. The molecule has 1 unspecified atom stereocenters. The summed E-state index contributed by atoms with van der Waals surface area (Å²) in [6.07, 6.45) is 3.16. The summed E-state index contributed by atoms with van der Waals surface area (Å²) in [5.74, 6) is 1.09. The van der Waals surface area contributed by atoms with Gasteiger partial charge in [-0.2, -0.15) is 0 Å². The maximum absolute atomic E-state index is 10.9. The predicted octanol–water partition coefficient (Wildman–Crippen LogP) is 2.42. The Hall–Kier alpha value is -2.14. The average Bonchev–Trinajstić information content (AvgIpc) is 3.30. The average molecular weight is 338 g/mol. The number of aromatic nitrogens is 1.